The lowest BCUT2D eigenvalue weighted by Crippen LogP contribution is -2.43. The van der Waals surface area contributed by atoms with Crippen LogP contribution in [-0.2, 0) is 9.47 Å². The van der Waals surface area contributed by atoms with E-state index in [2.05, 4.69) is 9.97 Å². The predicted molar refractivity (Wildman–Crippen MR) is 132 cm³/mol. The minimum absolute atomic E-state index is 0.184. The maximum atomic E-state index is 13.0. The molecule has 3 rings (SSSR count). The first-order valence-electron chi connectivity index (χ1n) is 10.6. The zero-order valence-electron chi connectivity index (χ0n) is 20.3. The lowest BCUT2D eigenvalue weighted by molar-refractivity contribution is 0.0431. The molecule has 180 valence electrons. The van der Waals surface area contributed by atoms with Gasteiger partial charge in [0.2, 0.25) is 0 Å². The topological polar surface area (TPSA) is 104 Å². The smallest absolute Gasteiger partial charge is 0.424 e. The molecule has 0 atom stereocenters. The molecule has 34 heavy (non-hydrogen) atoms. The fourth-order valence-corrected chi connectivity index (χ4v) is 3.36. The van der Waals surface area contributed by atoms with Crippen LogP contribution in [0.4, 0.5) is 15.3 Å². The molecular formula is C24H28N4O5S. The summed E-state index contributed by atoms with van der Waals surface area (Å²) in [7, 11) is 0. The van der Waals surface area contributed by atoms with Crippen LogP contribution in [0.25, 0.3) is 16.7 Å². The van der Waals surface area contributed by atoms with Gasteiger partial charge in [0.05, 0.1) is 11.4 Å². The number of benzene rings is 1. The van der Waals surface area contributed by atoms with E-state index in [1.54, 1.807) is 72.0 Å². The molecule has 0 saturated heterocycles. The summed E-state index contributed by atoms with van der Waals surface area (Å²) in [5, 5.41) is 1.17. The molecule has 0 spiro atoms. The Morgan fingerprint density at radius 3 is 2.15 bits per heavy atom. The number of imide groups is 1. The largest absolute Gasteiger partial charge is 0.443 e. The Balaban J connectivity index is 2.17. The van der Waals surface area contributed by atoms with Crippen LogP contribution in [0.2, 0.25) is 0 Å². The standard InChI is InChI=1S/C24H28N4O5S/c1-23(2,3)32-21(30)28(22(31)33-24(4,5)6)17-10-8-9-16(13-17)27-18(29)12-11-15-14-25-20(34-7)26-19(15)27/h8-14H,1-7H3. The second-order valence-corrected chi connectivity index (χ2v) is 10.2. The Morgan fingerprint density at radius 1 is 0.971 bits per heavy atom. The van der Waals surface area contributed by atoms with Crippen molar-refractivity contribution in [1.82, 2.24) is 14.5 Å². The van der Waals surface area contributed by atoms with Crippen LogP contribution in [0, 0.1) is 0 Å². The Morgan fingerprint density at radius 2 is 1.59 bits per heavy atom. The Hall–Kier alpha value is -3.40. The van der Waals surface area contributed by atoms with E-state index in [1.165, 1.54) is 28.5 Å². The highest BCUT2D eigenvalue weighted by atomic mass is 32.2. The van der Waals surface area contributed by atoms with Crippen molar-refractivity contribution >= 4 is 40.7 Å². The molecule has 0 fully saturated rings. The minimum atomic E-state index is -0.892. The minimum Gasteiger partial charge on any atom is -0.443 e. The van der Waals surface area contributed by atoms with Crippen LogP contribution in [-0.4, -0.2) is 44.2 Å². The van der Waals surface area contributed by atoms with Gasteiger partial charge in [-0.05, 0) is 72.1 Å². The number of hydrogen-bond acceptors (Lipinski definition) is 8. The first-order valence-corrected chi connectivity index (χ1v) is 11.8. The van der Waals surface area contributed by atoms with Gasteiger partial charge >= 0.3 is 12.2 Å². The molecule has 10 heteroatoms. The van der Waals surface area contributed by atoms with Crippen LogP contribution in [0.3, 0.4) is 0 Å². The third-order valence-electron chi connectivity index (χ3n) is 4.29. The lowest BCUT2D eigenvalue weighted by Gasteiger charge is -2.28. The van der Waals surface area contributed by atoms with Crippen molar-refractivity contribution in [2.24, 2.45) is 0 Å². The number of nitrogens with zero attached hydrogens (tertiary/aromatic N) is 4. The van der Waals surface area contributed by atoms with Gasteiger partial charge in [-0.1, -0.05) is 17.8 Å². The van der Waals surface area contributed by atoms with Crippen LogP contribution in [0.15, 0.2) is 52.5 Å². The zero-order valence-corrected chi connectivity index (χ0v) is 21.1. The zero-order chi connectivity index (χ0) is 25.3. The van der Waals surface area contributed by atoms with Crippen LogP contribution in [0.5, 0.6) is 0 Å². The van der Waals surface area contributed by atoms with E-state index >= 15 is 0 Å². The summed E-state index contributed by atoms with van der Waals surface area (Å²) >= 11 is 1.35. The highest BCUT2D eigenvalue weighted by molar-refractivity contribution is 7.98. The Bertz CT molecular complexity index is 1260. The van der Waals surface area contributed by atoms with E-state index in [0.717, 1.165) is 4.90 Å². The number of pyridine rings is 1. The SMILES string of the molecule is CSc1ncc2ccc(=O)n(-c3cccc(N(C(=O)OC(C)(C)C)C(=O)OC(C)(C)C)c3)c2n1. The van der Waals surface area contributed by atoms with E-state index in [1.807, 2.05) is 6.26 Å². The van der Waals surface area contributed by atoms with Crippen molar-refractivity contribution in [3.05, 3.63) is 52.9 Å². The van der Waals surface area contributed by atoms with Crippen molar-refractivity contribution in [3.8, 4) is 5.69 Å². The van der Waals surface area contributed by atoms with Gasteiger partial charge in [-0.15, -0.1) is 0 Å². The number of hydrogen-bond donors (Lipinski definition) is 0. The number of anilines is 1. The van der Waals surface area contributed by atoms with Crippen molar-refractivity contribution in [2.75, 3.05) is 11.2 Å². The molecule has 0 saturated carbocycles. The molecule has 2 heterocycles. The number of aromatic nitrogens is 3. The summed E-state index contributed by atoms with van der Waals surface area (Å²) in [5.41, 5.74) is -0.999. The summed E-state index contributed by atoms with van der Waals surface area (Å²) in [6.07, 6.45) is 1.70. The first-order chi connectivity index (χ1) is 15.8. The average molecular weight is 485 g/mol. The van der Waals surface area contributed by atoms with Gasteiger partial charge in [0, 0.05) is 17.6 Å². The molecule has 2 amide bonds. The molecule has 0 bridgehead atoms. The quantitative estimate of drug-likeness (QED) is 0.370. The van der Waals surface area contributed by atoms with E-state index in [-0.39, 0.29) is 11.2 Å². The summed E-state index contributed by atoms with van der Waals surface area (Å²) in [5.74, 6) is 0. The summed E-state index contributed by atoms with van der Waals surface area (Å²) in [6, 6.07) is 9.49. The van der Waals surface area contributed by atoms with E-state index in [0.29, 0.717) is 21.9 Å². The van der Waals surface area contributed by atoms with Gasteiger partial charge in [0.25, 0.3) is 5.56 Å². The van der Waals surface area contributed by atoms with Crippen LogP contribution >= 0.6 is 11.8 Å². The van der Waals surface area contributed by atoms with Crippen molar-refractivity contribution < 1.29 is 19.1 Å². The Labute approximate surface area is 202 Å². The van der Waals surface area contributed by atoms with Crippen molar-refractivity contribution in [2.45, 2.75) is 57.9 Å². The normalized spacial score (nSPS) is 11.9. The third-order valence-corrected chi connectivity index (χ3v) is 4.85. The number of carbonyl (C=O) groups is 2. The number of ether oxygens (including phenoxy) is 2. The van der Waals surface area contributed by atoms with Gasteiger partial charge in [-0.3, -0.25) is 9.36 Å². The third kappa shape index (κ3) is 5.93. The highest BCUT2D eigenvalue weighted by Crippen LogP contribution is 2.25. The fraction of sp³-hybridized carbons (Fsp3) is 0.375. The van der Waals surface area contributed by atoms with Gasteiger partial charge in [0.1, 0.15) is 11.2 Å². The summed E-state index contributed by atoms with van der Waals surface area (Å²) in [4.78, 5) is 48.4. The molecule has 1 aromatic carbocycles. The highest BCUT2D eigenvalue weighted by Gasteiger charge is 2.33. The molecule has 9 nitrogen and oxygen atoms in total. The van der Waals surface area contributed by atoms with Gasteiger partial charge in [-0.25, -0.2) is 19.6 Å². The number of thioether (sulfide) groups is 1. The van der Waals surface area contributed by atoms with Gasteiger partial charge in [0.15, 0.2) is 10.8 Å². The lowest BCUT2D eigenvalue weighted by atomic mass is 10.2. The van der Waals surface area contributed by atoms with E-state index < -0.39 is 23.4 Å². The molecule has 0 aliphatic carbocycles. The van der Waals surface area contributed by atoms with Crippen LogP contribution in [0.1, 0.15) is 41.5 Å². The monoisotopic (exact) mass is 484 g/mol. The van der Waals surface area contributed by atoms with Crippen LogP contribution < -0.4 is 10.5 Å². The summed E-state index contributed by atoms with van der Waals surface area (Å²) < 4.78 is 12.3. The average Bonchev–Trinajstić information content (AvgIpc) is 2.71. The second kappa shape index (κ2) is 9.46. The van der Waals surface area contributed by atoms with Gasteiger partial charge < -0.3 is 9.47 Å². The molecule has 0 N–H and O–H groups in total. The Kier molecular flexibility index (Phi) is 7.02. The maximum Gasteiger partial charge on any atom is 0.424 e. The molecule has 0 aliphatic heterocycles. The first kappa shape index (κ1) is 25.2. The van der Waals surface area contributed by atoms with Gasteiger partial charge in [-0.2, -0.15) is 4.90 Å². The second-order valence-electron chi connectivity index (χ2n) is 9.46. The van der Waals surface area contributed by atoms with Crippen molar-refractivity contribution in [3.63, 3.8) is 0 Å². The number of amides is 2. The van der Waals surface area contributed by atoms with E-state index in [9.17, 15) is 14.4 Å². The maximum absolute atomic E-state index is 13.0. The fourth-order valence-electron chi connectivity index (χ4n) is 3.02. The number of rotatable bonds is 3. The molecule has 0 unspecified atom stereocenters. The molecule has 2 aromatic heterocycles. The predicted octanol–water partition coefficient (Wildman–Crippen LogP) is 5.18. The number of carbonyl (C=O) groups excluding carboxylic acids is 2. The molecule has 0 aliphatic rings. The molecule has 0 radical (unpaired) electrons. The molecule has 3 aromatic rings. The van der Waals surface area contributed by atoms with E-state index in [4.69, 9.17) is 9.47 Å². The van der Waals surface area contributed by atoms with Crippen molar-refractivity contribution in [1.29, 1.82) is 0 Å². The number of fused-ring (bicyclic) bond motifs is 1. The summed E-state index contributed by atoms with van der Waals surface area (Å²) in [6.45, 7) is 10.2. The molecular weight excluding hydrogens is 456 g/mol.